The lowest BCUT2D eigenvalue weighted by Gasteiger charge is -2.20. The van der Waals surface area contributed by atoms with Crippen molar-refractivity contribution in [2.45, 2.75) is 33.5 Å². The van der Waals surface area contributed by atoms with Gasteiger partial charge >= 0.3 is 5.97 Å². The number of ether oxygens (including phenoxy) is 2. The maximum atomic E-state index is 13.3. The van der Waals surface area contributed by atoms with Gasteiger partial charge in [-0.3, -0.25) is 9.59 Å². The maximum Gasteiger partial charge on any atom is 0.343 e. The highest BCUT2D eigenvalue weighted by Gasteiger charge is 2.37. The normalized spacial score (nSPS) is 14.1. The molecule has 3 aromatic rings. The molecule has 0 heterocycles. The molecule has 0 aliphatic heterocycles. The number of rotatable bonds is 7. The zero-order chi connectivity index (χ0) is 24.2. The van der Waals surface area contributed by atoms with E-state index in [1.54, 1.807) is 54.6 Å². The van der Waals surface area contributed by atoms with Crippen LogP contribution in [-0.2, 0) is 16.1 Å². The lowest BCUT2D eigenvalue weighted by Crippen LogP contribution is -2.27. The van der Waals surface area contributed by atoms with E-state index in [2.05, 4.69) is 13.8 Å². The third kappa shape index (κ3) is 4.69. The highest BCUT2D eigenvalue weighted by Crippen LogP contribution is 2.33. The molecule has 0 amide bonds. The molecule has 4 rings (SSSR count). The number of benzene rings is 3. The first kappa shape index (κ1) is 23.2. The van der Waals surface area contributed by atoms with Crippen LogP contribution in [0, 0.1) is 5.92 Å². The first-order chi connectivity index (χ1) is 16.4. The first-order valence-electron chi connectivity index (χ1n) is 11.3. The molecule has 0 bridgehead atoms. The Balaban J connectivity index is 1.59. The van der Waals surface area contributed by atoms with Gasteiger partial charge in [0.05, 0.1) is 6.10 Å². The van der Waals surface area contributed by atoms with Crippen LogP contribution in [0.1, 0.15) is 52.6 Å². The molecule has 5 heteroatoms. The largest absolute Gasteiger partial charge is 0.490 e. The van der Waals surface area contributed by atoms with E-state index in [9.17, 15) is 14.4 Å². The zero-order valence-corrected chi connectivity index (χ0v) is 19.4. The molecule has 0 radical (unpaired) electrons. The summed E-state index contributed by atoms with van der Waals surface area (Å²) in [6.45, 7) is 6.16. The molecular formula is C29H26O5. The summed E-state index contributed by atoms with van der Waals surface area (Å²) in [5.74, 6) is -0.580. The Morgan fingerprint density at radius 3 is 1.97 bits per heavy atom. The van der Waals surface area contributed by atoms with Gasteiger partial charge in [0.2, 0.25) is 5.78 Å². The molecule has 0 saturated heterocycles. The van der Waals surface area contributed by atoms with Crippen molar-refractivity contribution in [2.75, 3.05) is 0 Å². The molecule has 0 aromatic heterocycles. The van der Waals surface area contributed by atoms with Crippen molar-refractivity contribution in [3.05, 3.63) is 107 Å². The summed E-state index contributed by atoms with van der Waals surface area (Å²) < 4.78 is 11.4. The van der Waals surface area contributed by atoms with Crippen molar-refractivity contribution in [3.8, 4) is 5.75 Å². The summed E-state index contributed by atoms with van der Waals surface area (Å²) in [6, 6.07) is 22.5. The number of Topliss-reactive ketones (excluding diaryl/α,β-unsaturated/α-hetero) is 2. The Morgan fingerprint density at radius 2 is 1.35 bits per heavy atom. The van der Waals surface area contributed by atoms with Gasteiger partial charge in [0.15, 0.2) is 5.78 Å². The molecule has 1 unspecified atom stereocenters. The van der Waals surface area contributed by atoms with Crippen molar-refractivity contribution in [2.24, 2.45) is 5.92 Å². The van der Waals surface area contributed by atoms with Crippen LogP contribution in [-0.4, -0.2) is 23.6 Å². The van der Waals surface area contributed by atoms with Gasteiger partial charge in [0.25, 0.3) is 0 Å². The van der Waals surface area contributed by atoms with Gasteiger partial charge in [-0.1, -0.05) is 80.6 Å². The third-order valence-electron chi connectivity index (χ3n) is 5.94. The minimum Gasteiger partial charge on any atom is -0.490 e. The second kappa shape index (κ2) is 9.87. The summed E-state index contributed by atoms with van der Waals surface area (Å²) in [5.41, 5.74) is 1.58. The Bertz CT molecular complexity index is 1250. The Labute approximate surface area is 199 Å². The van der Waals surface area contributed by atoms with E-state index in [0.717, 1.165) is 11.3 Å². The van der Waals surface area contributed by atoms with Crippen LogP contribution < -0.4 is 4.74 Å². The first-order valence-corrected chi connectivity index (χ1v) is 11.3. The summed E-state index contributed by atoms with van der Waals surface area (Å²) in [6.07, 6.45) is 0.0738. The van der Waals surface area contributed by atoms with E-state index < -0.39 is 11.8 Å². The number of allylic oxidation sites excluding steroid dienone is 1. The number of fused-ring (bicyclic) bond motifs is 1. The Morgan fingerprint density at radius 1 is 0.765 bits per heavy atom. The second-order valence-corrected chi connectivity index (χ2v) is 8.61. The highest BCUT2D eigenvalue weighted by molar-refractivity contribution is 6.46. The summed E-state index contributed by atoms with van der Waals surface area (Å²) in [5, 5.41) is 0. The van der Waals surface area contributed by atoms with Crippen molar-refractivity contribution < 1.29 is 23.9 Å². The minimum absolute atomic E-state index is 0.0342. The van der Waals surface area contributed by atoms with Crippen LogP contribution in [0.3, 0.4) is 0 Å². The molecule has 1 aliphatic carbocycles. The van der Waals surface area contributed by atoms with Crippen LogP contribution in [0.5, 0.6) is 5.75 Å². The Kier molecular flexibility index (Phi) is 6.73. The van der Waals surface area contributed by atoms with Gasteiger partial charge in [-0.05, 0) is 36.1 Å². The highest BCUT2D eigenvalue weighted by atomic mass is 16.5. The van der Waals surface area contributed by atoms with E-state index in [0.29, 0.717) is 11.5 Å². The molecule has 34 heavy (non-hydrogen) atoms. The molecule has 1 aliphatic rings. The van der Waals surface area contributed by atoms with Crippen LogP contribution in [0.2, 0.25) is 0 Å². The monoisotopic (exact) mass is 454 g/mol. The van der Waals surface area contributed by atoms with Crippen LogP contribution in [0.25, 0.3) is 5.57 Å². The second-order valence-electron chi connectivity index (χ2n) is 8.61. The van der Waals surface area contributed by atoms with Gasteiger partial charge < -0.3 is 9.47 Å². The lowest BCUT2D eigenvalue weighted by molar-refractivity contribution is -0.139. The predicted molar refractivity (Wildman–Crippen MR) is 130 cm³/mol. The molecule has 1 atom stereocenters. The van der Waals surface area contributed by atoms with E-state index in [-0.39, 0.29) is 40.8 Å². The van der Waals surface area contributed by atoms with Crippen molar-refractivity contribution in [1.29, 1.82) is 0 Å². The van der Waals surface area contributed by atoms with Crippen LogP contribution >= 0.6 is 0 Å². The fraction of sp³-hybridized carbons (Fsp3) is 0.207. The molecule has 172 valence electrons. The third-order valence-corrected chi connectivity index (χ3v) is 5.94. The van der Waals surface area contributed by atoms with E-state index in [1.807, 2.05) is 31.2 Å². The number of ketones is 2. The fourth-order valence-corrected chi connectivity index (χ4v) is 3.69. The van der Waals surface area contributed by atoms with Gasteiger partial charge in [-0.25, -0.2) is 4.79 Å². The number of carbonyl (C=O) groups is 3. The SMILES string of the molecule is CC(C)C(C)Oc1ccc(COC(=O)C2=C(c3ccccc3)C(=O)c3ccccc3C2=O)cc1. The molecule has 0 fully saturated rings. The summed E-state index contributed by atoms with van der Waals surface area (Å²) in [7, 11) is 0. The fourth-order valence-electron chi connectivity index (χ4n) is 3.69. The van der Waals surface area contributed by atoms with Gasteiger partial charge in [0, 0.05) is 16.7 Å². The standard InChI is InChI=1S/C29H26O5/c1-18(2)19(3)34-22-15-13-20(14-16-22)17-33-29(32)26-25(21-9-5-4-6-10-21)27(30)23-11-7-8-12-24(23)28(26)31/h4-16,18-19H,17H2,1-3H3. The van der Waals surface area contributed by atoms with E-state index in [4.69, 9.17) is 9.47 Å². The van der Waals surface area contributed by atoms with E-state index >= 15 is 0 Å². The van der Waals surface area contributed by atoms with Gasteiger partial charge in [-0.15, -0.1) is 0 Å². The quantitative estimate of drug-likeness (QED) is 0.339. The average Bonchev–Trinajstić information content (AvgIpc) is 2.86. The molecule has 0 spiro atoms. The summed E-state index contributed by atoms with van der Waals surface area (Å²) in [4.78, 5) is 39.7. The molecule has 5 nitrogen and oxygen atoms in total. The molecular weight excluding hydrogens is 428 g/mol. The average molecular weight is 455 g/mol. The molecule has 0 saturated carbocycles. The van der Waals surface area contributed by atoms with Crippen LogP contribution in [0.15, 0.2) is 84.4 Å². The minimum atomic E-state index is -0.819. The zero-order valence-electron chi connectivity index (χ0n) is 19.4. The number of hydrogen-bond acceptors (Lipinski definition) is 5. The number of hydrogen-bond donors (Lipinski definition) is 0. The molecule has 3 aromatic carbocycles. The van der Waals surface area contributed by atoms with Crippen LogP contribution in [0.4, 0.5) is 0 Å². The molecule has 0 N–H and O–H groups in total. The number of esters is 1. The van der Waals surface area contributed by atoms with Gasteiger partial charge in [0.1, 0.15) is 17.9 Å². The van der Waals surface area contributed by atoms with E-state index in [1.165, 1.54) is 0 Å². The number of carbonyl (C=O) groups excluding carboxylic acids is 3. The van der Waals surface area contributed by atoms with Crippen molar-refractivity contribution in [1.82, 2.24) is 0 Å². The maximum absolute atomic E-state index is 13.3. The smallest absolute Gasteiger partial charge is 0.343 e. The van der Waals surface area contributed by atoms with Crippen molar-refractivity contribution >= 4 is 23.1 Å². The van der Waals surface area contributed by atoms with Gasteiger partial charge in [-0.2, -0.15) is 0 Å². The predicted octanol–water partition coefficient (Wildman–Crippen LogP) is 5.69. The Hall–Kier alpha value is -3.99. The lowest BCUT2D eigenvalue weighted by atomic mass is 9.81. The topological polar surface area (TPSA) is 69.7 Å². The van der Waals surface area contributed by atoms with Crippen molar-refractivity contribution in [3.63, 3.8) is 0 Å². The summed E-state index contributed by atoms with van der Waals surface area (Å²) >= 11 is 0.